The number of nitrogens with one attached hydrogen (secondary N) is 1. The fraction of sp³-hybridized carbons (Fsp3) is 0.0952. The molecule has 0 bridgehead atoms. The van der Waals surface area contributed by atoms with Crippen molar-refractivity contribution in [1.82, 2.24) is 9.97 Å². The molecule has 1 atom stereocenters. The van der Waals surface area contributed by atoms with Gasteiger partial charge in [0, 0.05) is 10.9 Å². The zero-order valence-corrected chi connectivity index (χ0v) is 17.2. The molecule has 0 fully saturated rings. The third kappa shape index (κ3) is 3.90. The van der Waals surface area contributed by atoms with Crippen molar-refractivity contribution in [2.24, 2.45) is 0 Å². The van der Waals surface area contributed by atoms with Gasteiger partial charge in [-0.3, -0.25) is 4.79 Å². The van der Waals surface area contributed by atoms with Gasteiger partial charge in [0.2, 0.25) is 5.91 Å². The Labute approximate surface area is 178 Å². The number of thioether (sulfide) groups is 1. The number of rotatable bonds is 5. The van der Waals surface area contributed by atoms with Crippen LogP contribution in [0.25, 0.3) is 21.3 Å². The number of halogens is 3. The second-order valence-electron chi connectivity index (χ2n) is 6.35. The number of benzene rings is 2. The second-order valence-corrected chi connectivity index (χ2v) is 8.53. The summed E-state index contributed by atoms with van der Waals surface area (Å²) in [5.41, 5.74) is 1.54. The minimum absolute atomic E-state index is 0.417. The van der Waals surface area contributed by atoms with Crippen molar-refractivity contribution in [3.8, 4) is 11.1 Å². The van der Waals surface area contributed by atoms with E-state index >= 15 is 0 Å². The van der Waals surface area contributed by atoms with Crippen LogP contribution in [0.1, 0.15) is 6.92 Å². The zero-order chi connectivity index (χ0) is 21.3. The summed E-state index contributed by atoms with van der Waals surface area (Å²) in [6.07, 6.45) is 1.43. The summed E-state index contributed by atoms with van der Waals surface area (Å²) < 4.78 is 40.4. The number of hydrogen-bond donors (Lipinski definition) is 1. The van der Waals surface area contributed by atoms with Crippen molar-refractivity contribution in [3.05, 3.63) is 71.6 Å². The van der Waals surface area contributed by atoms with Gasteiger partial charge < -0.3 is 5.32 Å². The SMILES string of the molecule is CC(Sc1ncnc2scc(-c3ccccc3)c12)C(=O)Nc1ccc(F)c(F)c1F. The number of carbonyl (C=O) groups is 1. The normalized spacial score (nSPS) is 12.1. The molecule has 4 nitrogen and oxygen atoms in total. The Balaban J connectivity index is 1.60. The Hall–Kier alpha value is -2.91. The molecule has 1 N–H and O–H groups in total. The molecule has 30 heavy (non-hydrogen) atoms. The molecule has 2 aromatic heterocycles. The first-order valence-electron chi connectivity index (χ1n) is 8.84. The van der Waals surface area contributed by atoms with Crippen molar-refractivity contribution < 1.29 is 18.0 Å². The average molecular weight is 445 g/mol. The Morgan fingerprint density at radius 1 is 1.07 bits per heavy atom. The van der Waals surface area contributed by atoms with Gasteiger partial charge >= 0.3 is 0 Å². The number of fused-ring (bicyclic) bond motifs is 1. The van der Waals surface area contributed by atoms with Crippen molar-refractivity contribution in [1.29, 1.82) is 0 Å². The van der Waals surface area contributed by atoms with E-state index < -0.39 is 34.3 Å². The van der Waals surface area contributed by atoms with E-state index in [1.165, 1.54) is 29.4 Å². The topological polar surface area (TPSA) is 54.9 Å². The summed E-state index contributed by atoms with van der Waals surface area (Å²) in [4.78, 5) is 22.0. The maximum Gasteiger partial charge on any atom is 0.237 e. The maximum absolute atomic E-state index is 13.9. The number of nitrogens with zero attached hydrogens (tertiary/aromatic N) is 2. The van der Waals surface area contributed by atoms with Crippen LogP contribution < -0.4 is 5.32 Å². The Morgan fingerprint density at radius 3 is 2.60 bits per heavy atom. The van der Waals surface area contributed by atoms with Gasteiger partial charge in [0.25, 0.3) is 0 Å². The molecule has 1 unspecified atom stereocenters. The number of aromatic nitrogens is 2. The van der Waals surface area contributed by atoms with Crippen molar-refractivity contribution in [3.63, 3.8) is 0 Å². The molecule has 152 valence electrons. The monoisotopic (exact) mass is 445 g/mol. The Bertz CT molecular complexity index is 1230. The third-order valence-electron chi connectivity index (χ3n) is 4.37. The quantitative estimate of drug-likeness (QED) is 0.236. The van der Waals surface area contributed by atoms with Crippen LogP contribution in [0.5, 0.6) is 0 Å². The molecule has 2 aromatic carbocycles. The van der Waals surface area contributed by atoms with Gasteiger partial charge in [-0.15, -0.1) is 11.3 Å². The fourth-order valence-corrected chi connectivity index (χ4v) is 4.76. The molecule has 4 aromatic rings. The predicted molar refractivity (Wildman–Crippen MR) is 113 cm³/mol. The lowest BCUT2D eigenvalue weighted by atomic mass is 10.1. The van der Waals surface area contributed by atoms with Gasteiger partial charge in [0.1, 0.15) is 16.2 Å². The minimum Gasteiger partial charge on any atom is -0.323 e. The van der Waals surface area contributed by atoms with Crippen molar-refractivity contribution in [2.75, 3.05) is 5.32 Å². The molecule has 0 aliphatic carbocycles. The molecule has 0 spiro atoms. The van der Waals surface area contributed by atoms with Crippen LogP contribution in [-0.4, -0.2) is 21.1 Å². The third-order valence-corrected chi connectivity index (χ3v) is 6.36. The molecular weight excluding hydrogens is 431 g/mol. The number of amides is 1. The summed E-state index contributed by atoms with van der Waals surface area (Å²) in [5.74, 6) is -4.94. The highest BCUT2D eigenvalue weighted by Gasteiger charge is 2.22. The lowest BCUT2D eigenvalue weighted by Gasteiger charge is -2.13. The molecule has 0 saturated carbocycles. The van der Waals surface area contributed by atoms with Gasteiger partial charge in [-0.1, -0.05) is 42.1 Å². The first kappa shape index (κ1) is 20.4. The number of thiophene rings is 1. The van der Waals surface area contributed by atoms with Crippen LogP contribution in [0.3, 0.4) is 0 Å². The molecule has 4 rings (SSSR count). The van der Waals surface area contributed by atoms with Crippen LogP contribution in [0.2, 0.25) is 0 Å². The number of hydrogen-bond acceptors (Lipinski definition) is 5. The highest BCUT2D eigenvalue weighted by atomic mass is 32.2. The highest BCUT2D eigenvalue weighted by molar-refractivity contribution is 8.00. The zero-order valence-electron chi connectivity index (χ0n) is 15.5. The van der Waals surface area contributed by atoms with Crippen molar-refractivity contribution in [2.45, 2.75) is 17.2 Å². The maximum atomic E-state index is 13.9. The van der Waals surface area contributed by atoms with E-state index in [1.807, 2.05) is 35.7 Å². The molecule has 1 amide bonds. The van der Waals surface area contributed by atoms with E-state index in [9.17, 15) is 18.0 Å². The molecule has 0 aliphatic heterocycles. The largest absolute Gasteiger partial charge is 0.323 e. The molecule has 0 saturated heterocycles. The fourth-order valence-electron chi connectivity index (χ4n) is 2.84. The van der Waals surface area contributed by atoms with Crippen LogP contribution in [0.15, 0.2) is 59.2 Å². The lowest BCUT2D eigenvalue weighted by Crippen LogP contribution is -2.23. The highest BCUT2D eigenvalue weighted by Crippen LogP contribution is 2.39. The van der Waals surface area contributed by atoms with E-state index in [1.54, 1.807) is 6.92 Å². The summed E-state index contributed by atoms with van der Waals surface area (Å²) in [7, 11) is 0. The molecule has 2 heterocycles. The van der Waals surface area contributed by atoms with E-state index in [0.717, 1.165) is 33.5 Å². The minimum atomic E-state index is -1.63. The molecular formula is C21H14F3N3OS2. The van der Waals surface area contributed by atoms with Crippen LogP contribution in [-0.2, 0) is 4.79 Å². The van der Waals surface area contributed by atoms with Gasteiger partial charge in [-0.2, -0.15) is 0 Å². The van der Waals surface area contributed by atoms with Crippen molar-refractivity contribution >= 4 is 44.9 Å². The van der Waals surface area contributed by atoms with Gasteiger partial charge in [-0.25, -0.2) is 23.1 Å². The van der Waals surface area contributed by atoms with Gasteiger partial charge in [0.15, 0.2) is 17.5 Å². The van der Waals surface area contributed by atoms with Gasteiger partial charge in [-0.05, 0) is 24.6 Å². The van der Waals surface area contributed by atoms with Gasteiger partial charge in [0.05, 0.1) is 16.3 Å². The standard InChI is InChI=1S/C21H14F3N3OS2/c1-11(19(28)27-15-8-7-14(22)17(23)18(15)24)30-21-16-13(12-5-3-2-4-6-12)9-29-20(16)25-10-26-21/h2-11H,1H3,(H,27,28). The second kappa shape index (κ2) is 8.45. The van der Waals surface area contributed by atoms with E-state index in [4.69, 9.17) is 0 Å². The summed E-state index contributed by atoms with van der Waals surface area (Å²) >= 11 is 2.65. The lowest BCUT2D eigenvalue weighted by molar-refractivity contribution is -0.115. The number of anilines is 1. The van der Waals surface area contributed by atoms with Crippen LogP contribution in [0, 0.1) is 17.5 Å². The number of carbonyl (C=O) groups excluding carboxylic acids is 1. The van der Waals surface area contributed by atoms with Crippen LogP contribution >= 0.6 is 23.1 Å². The summed E-state index contributed by atoms with van der Waals surface area (Å²) in [5, 5.41) is 5.05. The van der Waals surface area contributed by atoms with E-state index in [2.05, 4.69) is 15.3 Å². The average Bonchev–Trinajstić information content (AvgIpc) is 3.20. The smallest absolute Gasteiger partial charge is 0.237 e. The first-order valence-corrected chi connectivity index (χ1v) is 10.6. The Kier molecular flexibility index (Phi) is 5.74. The molecule has 9 heteroatoms. The predicted octanol–water partition coefficient (Wildman–Crippen LogP) is 5.89. The Morgan fingerprint density at radius 2 is 1.83 bits per heavy atom. The first-order chi connectivity index (χ1) is 14.5. The molecule has 0 radical (unpaired) electrons. The van der Waals surface area contributed by atoms with E-state index in [0.29, 0.717) is 5.03 Å². The summed E-state index contributed by atoms with van der Waals surface area (Å²) in [6.45, 7) is 1.63. The van der Waals surface area contributed by atoms with E-state index in [-0.39, 0.29) is 0 Å². The molecule has 0 aliphatic rings. The summed E-state index contributed by atoms with van der Waals surface area (Å²) in [6, 6.07) is 11.5. The van der Waals surface area contributed by atoms with Crippen LogP contribution in [0.4, 0.5) is 18.9 Å².